The van der Waals surface area contributed by atoms with Gasteiger partial charge in [-0.1, -0.05) is 18.2 Å². The van der Waals surface area contributed by atoms with Crippen molar-refractivity contribution < 1.29 is 4.39 Å². The summed E-state index contributed by atoms with van der Waals surface area (Å²) in [6, 6.07) is 9.74. The summed E-state index contributed by atoms with van der Waals surface area (Å²) < 4.78 is 14.6. The molecule has 3 N–H and O–H groups in total. The number of hydrogen-bond acceptors (Lipinski definition) is 4. The second-order valence-corrected chi connectivity index (χ2v) is 7.46. The monoisotopic (exact) mass is 380 g/mol. The van der Waals surface area contributed by atoms with Gasteiger partial charge < -0.3 is 16.0 Å². The average Bonchev–Trinajstić information content (AvgIpc) is 2.69. The molecule has 148 valence electrons. The van der Waals surface area contributed by atoms with E-state index >= 15 is 0 Å². The van der Waals surface area contributed by atoms with Crippen LogP contribution in [0.2, 0.25) is 0 Å². The van der Waals surface area contributed by atoms with Gasteiger partial charge in [0.15, 0.2) is 0 Å². The van der Waals surface area contributed by atoms with Crippen LogP contribution in [0.4, 0.5) is 10.1 Å². The maximum atomic E-state index is 14.6. The fourth-order valence-electron chi connectivity index (χ4n) is 4.00. The Balaban J connectivity index is 2.18. The van der Waals surface area contributed by atoms with E-state index in [9.17, 15) is 4.39 Å². The van der Waals surface area contributed by atoms with E-state index in [4.69, 9.17) is 5.73 Å². The molecule has 1 saturated heterocycles. The zero-order valence-corrected chi connectivity index (χ0v) is 16.9. The molecule has 0 saturated carbocycles. The lowest BCUT2D eigenvalue weighted by atomic mass is 9.93. The minimum atomic E-state index is -0.201. The van der Waals surface area contributed by atoms with E-state index < -0.39 is 0 Å². The molecule has 1 aliphatic rings. The number of aliphatic imine (C=N–C) groups is 1. The van der Waals surface area contributed by atoms with Gasteiger partial charge in [-0.15, -0.1) is 0 Å². The molecule has 0 aromatic heterocycles. The average molecular weight is 381 g/mol. The molecule has 5 heteroatoms. The van der Waals surface area contributed by atoms with Crippen molar-refractivity contribution in [1.29, 1.82) is 0 Å². The van der Waals surface area contributed by atoms with Gasteiger partial charge in [0.25, 0.3) is 0 Å². The zero-order chi connectivity index (χ0) is 20.3. The number of nitrogens with two attached hydrogens (primary N) is 1. The number of nitrogens with zero attached hydrogens (tertiary/aromatic N) is 2. The number of rotatable bonds is 5. The molecule has 0 aliphatic carbocycles. The second kappa shape index (κ2) is 8.57. The van der Waals surface area contributed by atoms with Crippen LogP contribution in [0.25, 0.3) is 17.2 Å². The SMILES string of the molecule is C=N/C(N)=C\c1c(C)cc(-c2c(C)cccc2F)cc1N1CCC[C@@H](NC)C1. The van der Waals surface area contributed by atoms with Crippen LogP contribution in [0.5, 0.6) is 0 Å². The molecule has 4 nitrogen and oxygen atoms in total. The van der Waals surface area contributed by atoms with E-state index in [0.29, 0.717) is 17.4 Å². The number of aryl methyl sites for hydroxylation is 2. The Morgan fingerprint density at radius 1 is 1.32 bits per heavy atom. The molecule has 3 rings (SSSR count). The number of likely N-dealkylation sites (N-methyl/N-ethyl adjacent to an activating group) is 1. The molecule has 0 amide bonds. The Hall–Kier alpha value is -2.66. The van der Waals surface area contributed by atoms with Crippen molar-refractivity contribution in [2.75, 3.05) is 25.0 Å². The van der Waals surface area contributed by atoms with Gasteiger partial charge in [-0.3, -0.25) is 0 Å². The molecule has 0 spiro atoms. The topological polar surface area (TPSA) is 53.6 Å². The number of piperidine rings is 1. The van der Waals surface area contributed by atoms with E-state index in [1.807, 2.05) is 39.1 Å². The maximum absolute atomic E-state index is 14.6. The van der Waals surface area contributed by atoms with Crippen molar-refractivity contribution in [1.82, 2.24) is 5.32 Å². The number of hydrogen-bond donors (Lipinski definition) is 2. The molecule has 28 heavy (non-hydrogen) atoms. The smallest absolute Gasteiger partial charge is 0.131 e. The lowest BCUT2D eigenvalue weighted by Crippen LogP contribution is -2.44. The summed E-state index contributed by atoms with van der Waals surface area (Å²) in [4.78, 5) is 6.21. The summed E-state index contributed by atoms with van der Waals surface area (Å²) in [6.45, 7) is 9.36. The summed E-state index contributed by atoms with van der Waals surface area (Å²) in [5.41, 5.74) is 11.5. The van der Waals surface area contributed by atoms with Crippen molar-refractivity contribution in [3.05, 3.63) is 58.7 Å². The molecule has 0 unspecified atom stereocenters. The van der Waals surface area contributed by atoms with Crippen molar-refractivity contribution in [3.8, 4) is 11.1 Å². The standard InChI is InChI=1S/C23H29FN4/c1-15-7-5-9-20(24)23(15)17-11-16(2)19(13-22(25)27-4)21(12-17)28-10-6-8-18(14-28)26-3/h5,7,9,11-13,18,26H,4,6,8,10,14,25H2,1-3H3/b22-13-/t18-/m1/s1. The zero-order valence-electron chi connectivity index (χ0n) is 16.9. The van der Waals surface area contributed by atoms with Gasteiger partial charge in [0.1, 0.15) is 11.6 Å². The van der Waals surface area contributed by atoms with Crippen molar-refractivity contribution in [3.63, 3.8) is 0 Å². The third kappa shape index (κ3) is 4.09. The third-order valence-corrected chi connectivity index (χ3v) is 5.52. The summed E-state index contributed by atoms with van der Waals surface area (Å²) in [5, 5.41) is 3.38. The lowest BCUT2D eigenvalue weighted by Gasteiger charge is -2.36. The predicted octanol–water partition coefficient (Wildman–Crippen LogP) is 4.26. The number of nitrogens with one attached hydrogen (secondary N) is 1. The first-order valence-electron chi connectivity index (χ1n) is 9.70. The normalized spacial score (nSPS) is 17.6. The van der Waals surface area contributed by atoms with Gasteiger partial charge in [-0.05, 0) is 75.4 Å². The molecular weight excluding hydrogens is 351 g/mol. The van der Waals surface area contributed by atoms with E-state index in [1.54, 1.807) is 6.07 Å². The number of anilines is 1. The molecule has 1 atom stereocenters. The number of benzene rings is 2. The summed E-state index contributed by atoms with van der Waals surface area (Å²) in [7, 11) is 2.00. The first-order chi connectivity index (χ1) is 13.4. The molecule has 1 aliphatic heterocycles. The number of halogens is 1. The van der Waals surface area contributed by atoms with E-state index in [1.165, 1.54) is 6.07 Å². The summed E-state index contributed by atoms with van der Waals surface area (Å²) in [5.74, 6) is 0.175. The van der Waals surface area contributed by atoms with Crippen LogP contribution in [-0.4, -0.2) is 32.9 Å². The molecule has 2 aromatic carbocycles. The molecule has 1 heterocycles. The molecule has 1 fully saturated rings. The van der Waals surface area contributed by atoms with Crippen molar-refractivity contribution in [2.24, 2.45) is 10.7 Å². The Labute approximate surface area is 167 Å². The van der Waals surface area contributed by atoms with Crippen molar-refractivity contribution in [2.45, 2.75) is 32.7 Å². The van der Waals surface area contributed by atoms with Gasteiger partial charge in [-0.25, -0.2) is 9.38 Å². The predicted molar refractivity (Wildman–Crippen MR) is 117 cm³/mol. The highest BCUT2D eigenvalue weighted by Gasteiger charge is 2.22. The summed E-state index contributed by atoms with van der Waals surface area (Å²) in [6.07, 6.45) is 4.12. The van der Waals surface area contributed by atoms with Crippen molar-refractivity contribution >= 4 is 18.5 Å². The van der Waals surface area contributed by atoms with Gasteiger partial charge in [0.2, 0.25) is 0 Å². The van der Waals surface area contributed by atoms with Crippen LogP contribution in [0.15, 0.2) is 41.1 Å². The van der Waals surface area contributed by atoms with E-state index in [-0.39, 0.29) is 5.82 Å². The third-order valence-electron chi connectivity index (χ3n) is 5.52. The van der Waals surface area contributed by atoms with E-state index in [0.717, 1.165) is 53.9 Å². The fourth-order valence-corrected chi connectivity index (χ4v) is 4.00. The van der Waals surface area contributed by atoms with E-state index in [2.05, 4.69) is 28.0 Å². The maximum Gasteiger partial charge on any atom is 0.131 e. The van der Waals surface area contributed by atoms with Crippen LogP contribution in [0.1, 0.15) is 29.5 Å². The van der Waals surface area contributed by atoms with Crippen LogP contribution in [-0.2, 0) is 0 Å². The summed E-state index contributed by atoms with van der Waals surface area (Å²) >= 11 is 0. The minimum absolute atomic E-state index is 0.201. The van der Waals surface area contributed by atoms with Gasteiger partial charge in [-0.2, -0.15) is 0 Å². The van der Waals surface area contributed by atoms with Crippen LogP contribution in [0, 0.1) is 19.7 Å². The van der Waals surface area contributed by atoms with Gasteiger partial charge in [0.05, 0.1) is 0 Å². The van der Waals surface area contributed by atoms with Crippen LogP contribution >= 0.6 is 0 Å². The highest BCUT2D eigenvalue weighted by Crippen LogP contribution is 2.36. The Bertz CT molecular complexity index is 883. The Morgan fingerprint density at radius 2 is 2.11 bits per heavy atom. The van der Waals surface area contributed by atoms with Gasteiger partial charge >= 0.3 is 0 Å². The molecular formula is C23H29FN4. The largest absolute Gasteiger partial charge is 0.384 e. The lowest BCUT2D eigenvalue weighted by molar-refractivity contribution is 0.449. The fraction of sp³-hybridized carbons (Fsp3) is 0.348. The van der Waals surface area contributed by atoms with Crippen LogP contribution < -0.4 is 16.0 Å². The first-order valence-corrected chi connectivity index (χ1v) is 9.70. The Morgan fingerprint density at radius 3 is 2.79 bits per heavy atom. The molecule has 2 aromatic rings. The highest BCUT2D eigenvalue weighted by atomic mass is 19.1. The molecule has 0 radical (unpaired) electrons. The highest BCUT2D eigenvalue weighted by molar-refractivity contribution is 5.80. The molecule has 0 bridgehead atoms. The minimum Gasteiger partial charge on any atom is -0.384 e. The van der Waals surface area contributed by atoms with Gasteiger partial charge in [0, 0.05) is 35.9 Å². The Kier molecular flexibility index (Phi) is 6.15. The quantitative estimate of drug-likeness (QED) is 0.762. The van der Waals surface area contributed by atoms with Crippen LogP contribution in [0.3, 0.4) is 0 Å². The first kappa shape index (κ1) is 20.1. The second-order valence-electron chi connectivity index (χ2n) is 7.46.